The van der Waals surface area contributed by atoms with Crippen LogP contribution >= 0.6 is 15.8 Å². The summed E-state index contributed by atoms with van der Waals surface area (Å²) < 4.78 is 216. The number of rotatable bonds is 15. The third-order valence-electron chi connectivity index (χ3n) is 9.44. The van der Waals surface area contributed by atoms with Gasteiger partial charge in [-0.2, -0.15) is 0 Å². The molecule has 0 unspecified atom stereocenters. The maximum atomic E-state index is 12.5. The molecule has 0 aliphatic rings. The fourth-order valence-electron chi connectivity index (χ4n) is 6.37. The first-order valence-corrected chi connectivity index (χ1v) is 29.0. The third kappa shape index (κ3) is 18.9. The Hall–Kier alpha value is 1.64. The van der Waals surface area contributed by atoms with Crippen LogP contribution in [0.1, 0.15) is 11.1 Å². The Morgan fingerprint density at radius 1 is 0.271 bits per heavy atom. The smallest absolute Gasteiger partial charge is 0.744 e. The van der Waals surface area contributed by atoms with Crippen LogP contribution < -0.4 is 199 Å². The summed E-state index contributed by atoms with van der Waals surface area (Å²) in [6.07, 6.45) is -0.370. The van der Waals surface area contributed by atoms with E-state index in [1.807, 2.05) is 0 Å². The van der Waals surface area contributed by atoms with Gasteiger partial charge in [-0.1, -0.05) is 60.7 Å². The molecule has 6 aromatic rings. The Bertz CT molecular complexity index is 3100. The largest absolute Gasteiger partial charge is 1.00 e. The maximum absolute atomic E-state index is 12.5. The molecule has 18 nitrogen and oxygen atoms in total. The van der Waals surface area contributed by atoms with Gasteiger partial charge in [0.1, 0.15) is 60.7 Å². The minimum absolute atomic E-state index is 0. The van der Waals surface area contributed by atoms with Crippen LogP contribution in [0.3, 0.4) is 0 Å². The molecule has 0 heterocycles. The van der Waals surface area contributed by atoms with E-state index in [0.29, 0.717) is 21.2 Å². The van der Waals surface area contributed by atoms with Gasteiger partial charge in [0.05, 0.1) is 29.4 Å². The molecule has 0 atom stereocenters. The molecule has 0 N–H and O–H groups in total. The fourth-order valence-corrected chi connectivity index (χ4v) is 13.8. The standard InChI is InChI=1S/C38H32O18P2S6.6Na/c39-59(40,41)31-13-3-27(4-14-31)57(28-5-15-32(16-6-28)60(42,43)44)23-25-1-11-35(63(51,52)53)21-37(25)38-22-36(64(54,55)56)12-2-26(38)24-58(29-7-17-33(18-8-29)61(45,46)47)30-9-19-34(20-10-30)62(48,49)50;;;;;;/h1-22H,23-24H2,(H,39,40,41)(H,42,43,44)(H,45,46,47)(H,48,49,50)(H,51,52,53)(H,54,55,56);;;;;;/q;6*+1/p-6. The van der Waals surface area contributed by atoms with Gasteiger partial charge in [0.2, 0.25) is 0 Å². The van der Waals surface area contributed by atoms with Crippen molar-refractivity contribution < 1.29 is 255 Å². The van der Waals surface area contributed by atoms with Crippen LogP contribution in [-0.4, -0.2) is 77.8 Å². The van der Waals surface area contributed by atoms with E-state index in [1.165, 1.54) is 60.7 Å². The predicted molar refractivity (Wildman–Crippen MR) is 225 cm³/mol. The zero-order chi connectivity index (χ0) is 47.2. The normalized spacial score (nSPS) is 11.9. The van der Waals surface area contributed by atoms with Crippen LogP contribution in [0, 0.1) is 0 Å². The average Bonchev–Trinajstić information content (AvgIpc) is 3.20. The molecule has 338 valence electrons. The number of hydrogen-bond acceptors (Lipinski definition) is 18. The summed E-state index contributed by atoms with van der Waals surface area (Å²) in [6, 6.07) is 24.6. The zero-order valence-electron chi connectivity index (χ0n) is 37.8. The summed E-state index contributed by atoms with van der Waals surface area (Å²) in [4.78, 5) is -4.02. The molecule has 0 spiro atoms. The van der Waals surface area contributed by atoms with Gasteiger partial charge in [-0.3, -0.25) is 0 Å². The van der Waals surface area contributed by atoms with E-state index < -0.39 is 106 Å². The second kappa shape index (κ2) is 28.5. The quantitative estimate of drug-likeness (QED) is 0.0523. The van der Waals surface area contributed by atoms with Gasteiger partial charge in [0.15, 0.2) is 0 Å². The van der Waals surface area contributed by atoms with E-state index in [2.05, 4.69) is 0 Å². The van der Waals surface area contributed by atoms with Gasteiger partial charge < -0.3 is 27.3 Å². The molecule has 32 heteroatoms. The predicted octanol–water partition coefficient (Wildman–Crippen LogP) is -15.9. The molecule has 6 rings (SSSR count). The Morgan fingerprint density at radius 3 is 0.614 bits per heavy atom. The second-order valence-electron chi connectivity index (χ2n) is 13.5. The van der Waals surface area contributed by atoms with Gasteiger partial charge in [0, 0.05) is 12.3 Å². The van der Waals surface area contributed by atoms with Crippen molar-refractivity contribution in [3.63, 3.8) is 0 Å². The summed E-state index contributed by atoms with van der Waals surface area (Å²) in [5.74, 6) is 0. The number of hydrogen-bond donors (Lipinski definition) is 0. The van der Waals surface area contributed by atoms with E-state index in [9.17, 15) is 77.8 Å². The molecule has 0 bridgehead atoms. The minimum Gasteiger partial charge on any atom is -0.744 e. The Kier molecular flexibility index (Phi) is 29.2. The van der Waals surface area contributed by atoms with Gasteiger partial charge in [0.25, 0.3) is 0 Å². The molecular formula is C38H26Na6O18P2S6. The fraction of sp³-hybridized carbons (Fsp3) is 0.0526. The first-order valence-electron chi connectivity index (χ1n) is 17.5. The van der Waals surface area contributed by atoms with Crippen LogP contribution in [0.25, 0.3) is 11.1 Å². The van der Waals surface area contributed by atoms with E-state index in [1.54, 1.807) is 0 Å². The molecule has 0 saturated carbocycles. The van der Waals surface area contributed by atoms with E-state index in [4.69, 9.17) is 0 Å². The molecule has 70 heavy (non-hydrogen) atoms. The molecule has 0 saturated heterocycles. The summed E-state index contributed by atoms with van der Waals surface area (Å²) in [6.45, 7) is 0. The molecule has 0 aliphatic carbocycles. The first-order chi connectivity index (χ1) is 29.5. The molecule has 0 amide bonds. The van der Waals surface area contributed by atoms with Crippen molar-refractivity contribution in [2.75, 3.05) is 0 Å². The maximum Gasteiger partial charge on any atom is 1.00 e. The summed E-state index contributed by atoms with van der Waals surface area (Å²) >= 11 is 0. The van der Waals surface area contributed by atoms with Gasteiger partial charge in [-0.05, 0) is 132 Å². The van der Waals surface area contributed by atoms with Crippen molar-refractivity contribution in [2.45, 2.75) is 41.7 Å². The molecule has 6 aromatic carbocycles. The zero-order valence-corrected chi connectivity index (χ0v) is 56.5. The summed E-state index contributed by atoms with van der Waals surface area (Å²) in [5, 5.41) is 1.38. The van der Waals surface area contributed by atoms with Crippen LogP contribution in [0.2, 0.25) is 0 Å². The summed E-state index contributed by atoms with van der Waals surface area (Å²) in [7, 11) is -34.0. The van der Waals surface area contributed by atoms with Crippen molar-refractivity contribution >= 4 is 97.8 Å². The van der Waals surface area contributed by atoms with Crippen molar-refractivity contribution in [3.05, 3.63) is 145 Å². The SMILES string of the molecule is O=S(=O)([O-])c1ccc(P(Cc2ccc(S(=O)(=O)[O-])cc2-c2cc(S(=O)(=O)[O-])ccc2CP(c2ccc(S(=O)(=O)[O-])cc2)c2ccc(S(=O)(=O)[O-])cc2)c2ccc(S(=O)(=O)[O-])cc2)cc1.[Na+].[Na+].[Na+].[Na+].[Na+].[Na+]. The van der Waals surface area contributed by atoms with E-state index in [-0.39, 0.29) is 212 Å². The van der Waals surface area contributed by atoms with Crippen molar-refractivity contribution in [1.29, 1.82) is 0 Å². The van der Waals surface area contributed by atoms with Crippen molar-refractivity contribution in [1.82, 2.24) is 0 Å². The van der Waals surface area contributed by atoms with Crippen LogP contribution in [0.5, 0.6) is 0 Å². The van der Waals surface area contributed by atoms with Crippen molar-refractivity contribution in [3.8, 4) is 11.1 Å². The van der Waals surface area contributed by atoms with Crippen LogP contribution in [0.15, 0.2) is 163 Å². The molecule has 0 radical (unpaired) electrons. The Morgan fingerprint density at radius 2 is 0.443 bits per heavy atom. The molecule has 0 aromatic heterocycles. The van der Waals surface area contributed by atoms with Gasteiger partial charge in [-0.25, -0.2) is 50.5 Å². The van der Waals surface area contributed by atoms with Crippen LogP contribution in [0.4, 0.5) is 0 Å². The van der Waals surface area contributed by atoms with Gasteiger partial charge >= 0.3 is 177 Å². The van der Waals surface area contributed by atoms with Crippen LogP contribution in [-0.2, 0) is 73.0 Å². The van der Waals surface area contributed by atoms with E-state index in [0.717, 1.165) is 72.8 Å². The monoisotopic (exact) mass is 1160 g/mol. The topological polar surface area (TPSA) is 343 Å². The number of benzene rings is 6. The third-order valence-corrected chi connectivity index (χ3v) is 19.5. The first kappa shape index (κ1) is 71.6. The van der Waals surface area contributed by atoms with Gasteiger partial charge in [-0.15, -0.1) is 0 Å². The summed E-state index contributed by atoms with van der Waals surface area (Å²) in [5.41, 5.74) is 0.0807. The molecule has 0 aliphatic heterocycles. The Balaban J connectivity index is 0.00000793. The average molecular weight is 1160 g/mol. The minimum atomic E-state index is -5.26. The molecule has 0 fully saturated rings. The Labute approximate surface area is 541 Å². The second-order valence-corrected chi connectivity index (χ2v) is 26.2. The van der Waals surface area contributed by atoms with Crippen molar-refractivity contribution in [2.24, 2.45) is 0 Å². The molecular weight excluding hydrogens is 1140 g/mol. The van der Waals surface area contributed by atoms with E-state index >= 15 is 0 Å².